The molecule has 0 bridgehead atoms. The second kappa shape index (κ2) is 11.6. The Morgan fingerprint density at radius 1 is 1.11 bits per heavy atom. The summed E-state index contributed by atoms with van der Waals surface area (Å²) in [6, 6.07) is 8.43. The molecule has 8 nitrogen and oxygen atoms in total. The first kappa shape index (κ1) is 27.7. The monoisotopic (exact) mass is 527 g/mol. The molecule has 0 saturated heterocycles. The molecule has 1 aromatic carbocycles. The first-order valence-electron chi connectivity index (χ1n) is 13.8. The van der Waals surface area contributed by atoms with E-state index >= 15 is 0 Å². The van der Waals surface area contributed by atoms with Crippen LogP contribution in [0.2, 0.25) is 0 Å². The standard InChI is InChI=1S/C28H42N5O3P/c1-4-31-27-25(19(2)29)32-26(28(3,30)36-27)23-16-14-22(15-17-23)21-9-7-8-20(12-13-21)18-37(35,33-34)24-10-5-6-11-24/h14-17,20-21,24H,4-13,18,29-30H2,1-3H3/b25-19-,31-27+/t20-,21-,28?,37?/m1/s1. The van der Waals surface area contributed by atoms with Crippen LogP contribution in [-0.2, 0) is 9.30 Å². The Morgan fingerprint density at radius 2 is 1.81 bits per heavy atom. The molecule has 202 valence electrons. The molecule has 1 heterocycles. The molecule has 2 aliphatic carbocycles. The van der Waals surface area contributed by atoms with Gasteiger partial charge in [-0.15, -0.1) is 4.91 Å². The number of rotatable bonds is 7. The summed E-state index contributed by atoms with van der Waals surface area (Å²) in [5.74, 6) is 1.14. The average molecular weight is 528 g/mol. The van der Waals surface area contributed by atoms with E-state index in [2.05, 4.69) is 34.2 Å². The maximum absolute atomic E-state index is 13.3. The van der Waals surface area contributed by atoms with E-state index in [-0.39, 0.29) is 5.66 Å². The number of nitrogens with zero attached hydrogens (tertiary/aromatic N) is 3. The fourth-order valence-corrected chi connectivity index (χ4v) is 8.94. The third-order valence-corrected chi connectivity index (χ3v) is 11.2. The predicted molar refractivity (Wildman–Crippen MR) is 151 cm³/mol. The highest BCUT2D eigenvalue weighted by Gasteiger charge is 2.39. The molecule has 1 aliphatic heterocycles. The lowest BCUT2D eigenvalue weighted by atomic mass is 9.89. The summed E-state index contributed by atoms with van der Waals surface area (Å²) in [6.07, 6.45) is 9.66. The Balaban J connectivity index is 1.47. The van der Waals surface area contributed by atoms with Gasteiger partial charge in [-0.1, -0.05) is 43.5 Å². The van der Waals surface area contributed by atoms with Crippen LogP contribution in [0.3, 0.4) is 0 Å². The van der Waals surface area contributed by atoms with E-state index in [1.165, 1.54) is 5.56 Å². The minimum absolute atomic E-state index is 0.0271. The first-order valence-corrected chi connectivity index (χ1v) is 15.7. The third kappa shape index (κ3) is 6.23. The van der Waals surface area contributed by atoms with Gasteiger partial charge in [0.15, 0.2) is 0 Å². The Hall–Kier alpha value is -2.31. The van der Waals surface area contributed by atoms with E-state index in [0.717, 1.165) is 63.4 Å². The Bertz CT molecular complexity index is 1120. The normalized spacial score (nSPS) is 31.2. The van der Waals surface area contributed by atoms with E-state index in [1.54, 1.807) is 13.8 Å². The minimum atomic E-state index is -2.97. The maximum atomic E-state index is 13.3. The molecule has 0 aromatic heterocycles. The molecule has 9 heteroatoms. The Kier molecular flexibility index (Phi) is 8.70. The average Bonchev–Trinajstić information content (AvgIpc) is 3.32. The highest BCUT2D eigenvalue weighted by atomic mass is 31.2. The number of aliphatic imine (C=N–C) groups is 2. The smallest absolute Gasteiger partial charge is 0.239 e. The van der Waals surface area contributed by atoms with E-state index in [1.807, 2.05) is 6.92 Å². The molecule has 0 amide bonds. The SMILES string of the molecule is CC/N=C1/OC(C)(N)C(c2ccc([C@@H]3CCC[C@@H](CP(=O)(N=O)C4CCCC4)CC3)cc2)=N/C1=C(/C)N. The highest BCUT2D eigenvalue weighted by Crippen LogP contribution is 2.59. The van der Waals surface area contributed by atoms with E-state index in [0.29, 0.717) is 47.5 Å². The molecule has 4 rings (SSSR count). The van der Waals surface area contributed by atoms with Crippen molar-refractivity contribution in [2.24, 2.45) is 32.3 Å². The van der Waals surface area contributed by atoms with Crippen LogP contribution in [0.5, 0.6) is 0 Å². The van der Waals surface area contributed by atoms with Crippen molar-refractivity contribution in [3.8, 4) is 0 Å². The molecule has 0 spiro atoms. The molecule has 2 fully saturated rings. The lowest BCUT2D eigenvalue weighted by molar-refractivity contribution is 0.150. The van der Waals surface area contributed by atoms with Gasteiger partial charge in [0, 0.05) is 29.6 Å². The van der Waals surface area contributed by atoms with Crippen molar-refractivity contribution in [3.63, 3.8) is 0 Å². The molecular formula is C28H42N5O3P. The van der Waals surface area contributed by atoms with Crippen LogP contribution in [0, 0.1) is 10.8 Å². The number of hydrogen-bond acceptors (Lipinski definition) is 7. The predicted octanol–water partition coefficient (Wildman–Crippen LogP) is 6.44. The quantitative estimate of drug-likeness (QED) is 0.239. The van der Waals surface area contributed by atoms with Crippen LogP contribution in [0.1, 0.15) is 95.6 Å². The second-order valence-corrected chi connectivity index (χ2v) is 13.9. The summed E-state index contributed by atoms with van der Waals surface area (Å²) in [5, 5.41) is 0. The van der Waals surface area contributed by atoms with Crippen LogP contribution in [0.4, 0.5) is 0 Å². The molecule has 1 aromatic rings. The van der Waals surface area contributed by atoms with Crippen molar-refractivity contribution in [2.45, 2.75) is 95.9 Å². The fraction of sp³-hybridized carbons (Fsp3) is 0.643. The molecule has 2 unspecified atom stereocenters. The summed E-state index contributed by atoms with van der Waals surface area (Å²) in [5.41, 5.74) is 15.4. The third-order valence-electron chi connectivity index (χ3n) is 8.18. The molecule has 2 saturated carbocycles. The summed E-state index contributed by atoms with van der Waals surface area (Å²) in [7, 11) is -2.97. The van der Waals surface area contributed by atoms with Crippen molar-refractivity contribution in [1.29, 1.82) is 0 Å². The molecule has 37 heavy (non-hydrogen) atoms. The van der Waals surface area contributed by atoms with Gasteiger partial charge in [0.2, 0.25) is 18.9 Å². The topological polar surface area (TPSA) is 132 Å². The van der Waals surface area contributed by atoms with Crippen LogP contribution in [0.25, 0.3) is 0 Å². The van der Waals surface area contributed by atoms with Crippen LogP contribution >= 0.6 is 7.29 Å². The maximum Gasteiger partial charge on any atom is 0.239 e. The van der Waals surface area contributed by atoms with Crippen LogP contribution < -0.4 is 11.5 Å². The van der Waals surface area contributed by atoms with Gasteiger partial charge in [0.25, 0.3) is 0 Å². The Labute approximate surface area is 220 Å². The molecule has 4 atom stereocenters. The van der Waals surface area contributed by atoms with Gasteiger partial charge in [-0.25, -0.2) is 4.99 Å². The van der Waals surface area contributed by atoms with E-state index in [9.17, 15) is 9.47 Å². The van der Waals surface area contributed by atoms with Gasteiger partial charge in [-0.2, -0.15) is 0 Å². The number of nitroso groups, excluding NO2 is 1. The van der Waals surface area contributed by atoms with Crippen molar-refractivity contribution in [2.75, 3.05) is 12.7 Å². The molecule has 0 radical (unpaired) electrons. The Morgan fingerprint density at radius 3 is 2.43 bits per heavy atom. The number of benzene rings is 1. The lowest BCUT2D eigenvalue weighted by Gasteiger charge is -2.33. The number of allylic oxidation sites excluding steroid dienone is 1. The van der Waals surface area contributed by atoms with Crippen LogP contribution in [0.15, 0.2) is 50.6 Å². The zero-order chi connectivity index (χ0) is 26.6. The van der Waals surface area contributed by atoms with Gasteiger partial charge in [0.1, 0.15) is 11.4 Å². The van der Waals surface area contributed by atoms with Gasteiger partial charge >= 0.3 is 0 Å². The summed E-state index contributed by atoms with van der Waals surface area (Å²) >= 11 is 0. The summed E-state index contributed by atoms with van der Waals surface area (Å²) in [6.45, 7) is 6.05. The summed E-state index contributed by atoms with van der Waals surface area (Å²) < 4.78 is 19.4. The molecule has 4 N–H and O–H groups in total. The van der Waals surface area contributed by atoms with Gasteiger partial charge in [-0.05, 0) is 81.6 Å². The van der Waals surface area contributed by atoms with Crippen molar-refractivity contribution in [1.82, 2.24) is 0 Å². The van der Waals surface area contributed by atoms with Crippen LogP contribution in [-0.4, -0.2) is 35.7 Å². The molecular weight excluding hydrogens is 485 g/mol. The highest BCUT2D eigenvalue weighted by molar-refractivity contribution is 7.63. The van der Waals surface area contributed by atoms with Crippen molar-refractivity contribution >= 4 is 18.9 Å². The number of nitrogens with two attached hydrogens (primary N) is 2. The van der Waals surface area contributed by atoms with Crippen molar-refractivity contribution in [3.05, 3.63) is 51.7 Å². The van der Waals surface area contributed by atoms with Gasteiger partial charge < -0.3 is 10.5 Å². The van der Waals surface area contributed by atoms with Crippen molar-refractivity contribution < 1.29 is 9.30 Å². The minimum Gasteiger partial charge on any atom is -0.449 e. The lowest BCUT2D eigenvalue weighted by Crippen LogP contribution is -2.52. The zero-order valence-corrected chi connectivity index (χ0v) is 23.4. The second-order valence-electron chi connectivity index (χ2n) is 11.1. The largest absolute Gasteiger partial charge is 0.449 e. The summed E-state index contributed by atoms with van der Waals surface area (Å²) in [4.78, 5) is 24.0. The number of ether oxygens (including phenoxy) is 1. The zero-order valence-electron chi connectivity index (χ0n) is 22.5. The van der Waals surface area contributed by atoms with E-state index < -0.39 is 13.0 Å². The van der Waals surface area contributed by atoms with E-state index in [4.69, 9.17) is 21.2 Å². The molecule has 3 aliphatic rings. The van der Waals surface area contributed by atoms with Gasteiger partial charge in [0.05, 0.1) is 0 Å². The fourth-order valence-electron chi connectivity index (χ4n) is 6.16. The first-order chi connectivity index (χ1) is 17.7. The number of hydrogen-bond donors (Lipinski definition) is 2. The van der Waals surface area contributed by atoms with Gasteiger partial charge in [-0.3, -0.25) is 15.3 Å².